The first kappa shape index (κ1) is 12.4. The zero-order valence-electron chi connectivity index (χ0n) is 11.3. The highest BCUT2D eigenvalue weighted by Crippen LogP contribution is 2.15. The minimum Gasteiger partial charge on any atom is -0.378 e. The van der Waals surface area contributed by atoms with E-state index in [0.717, 1.165) is 22.9 Å². The summed E-state index contributed by atoms with van der Waals surface area (Å²) in [6.07, 6.45) is 0. The maximum atomic E-state index is 4.50. The van der Waals surface area contributed by atoms with Crippen molar-refractivity contribution in [3.05, 3.63) is 66.0 Å². The van der Waals surface area contributed by atoms with E-state index < -0.39 is 0 Å². The Kier molecular flexibility index (Phi) is 3.46. The summed E-state index contributed by atoms with van der Waals surface area (Å²) in [5.41, 5.74) is 3.33. The van der Waals surface area contributed by atoms with E-state index in [4.69, 9.17) is 0 Å². The molecule has 1 aromatic heterocycles. The highest BCUT2D eigenvalue weighted by Gasteiger charge is 2.05. The molecule has 3 aromatic rings. The lowest BCUT2D eigenvalue weighted by molar-refractivity contribution is 0.955. The molecule has 0 aliphatic rings. The first-order valence-electron chi connectivity index (χ1n) is 6.58. The molecule has 0 amide bonds. The van der Waals surface area contributed by atoms with E-state index in [9.17, 15) is 0 Å². The van der Waals surface area contributed by atoms with Crippen LogP contribution in [-0.4, -0.2) is 15.2 Å². The van der Waals surface area contributed by atoms with Crippen LogP contribution in [0.25, 0.3) is 11.4 Å². The molecule has 0 saturated heterocycles. The fourth-order valence-electron chi connectivity index (χ4n) is 1.95. The Morgan fingerprint density at radius 1 is 1.00 bits per heavy atom. The van der Waals surface area contributed by atoms with Gasteiger partial charge >= 0.3 is 0 Å². The Balaban J connectivity index is 1.69. The smallest absolute Gasteiger partial charge is 0.181 e. The van der Waals surface area contributed by atoms with Gasteiger partial charge in [0.15, 0.2) is 5.82 Å². The molecule has 0 fully saturated rings. The van der Waals surface area contributed by atoms with E-state index in [1.807, 2.05) is 42.5 Å². The van der Waals surface area contributed by atoms with Crippen LogP contribution in [0.4, 0.5) is 5.69 Å². The van der Waals surface area contributed by atoms with Crippen molar-refractivity contribution >= 4 is 5.69 Å². The van der Waals surface area contributed by atoms with E-state index in [1.54, 1.807) is 0 Å². The number of anilines is 1. The summed E-state index contributed by atoms with van der Waals surface area (Å²) < 4.78 is 0. The number of aromatic amines is 1. The van der Waals surface area contributed by atoms with Gasteiger partial charge in [0.25, 0.3) is 0 Å². The van der Waals surface area contributed by atoms with E-state index in [0.29, 0.717) is 6.54 Å². The third-order valence-electron chi connectivity index (χ3n) is 3.08. The predicted molar refractivity (Wildman–Crippen MR) is 80.3 cm³/mol. The minimum atomic E-state index is 0.628. The van der Waals surface area contributed by atoms with Crippen molar-refractivity contribution in [1.29, 1.82) is 0 Å². The largest absolute Gasteiger partial charge is 0.378 e. The van der Waals surface area contributed by atoms with Gasteiger partial charge in [-0.05, 0) is 19.1 Å². The SMILES string of the molecule is Cc1ccc(-c2n[nH]c(CNc3ccccc3)n2)cc1. The summed E-state index contributed by atoms with van der Waals surface area (Å²) in [6.45, 7) is 2.69. The Labute approximate surface area is 117 Å². The highest BCUT2D eigenvalue weighted by molar-refractivity contribution is 5.54. The van der Waals surface area contributed by atoms with Crippen molar-refractivity contribution in [2.75, 3.05) is 5.32 Å². The molecule has 100 valence electrons. The molecule has 0 aliphatic heterocycles. The zero-order valence-corrected chi connectivity index (χ0v) is 11.3. The number of aromatic nitrogens is 3. The Morgan fingerprint density at radius 2 is 1.75 bits per heavy atom. The summed E-state index contributed by atoms with van der Waals surface area (Å²) in [7, 11) is 0. The van der Waals surface area contributed by atoms with Gasteiger partial charge in [-0.15, -0.1) is 0 Å². The maximum absolute atomic E-state index is 4.50. The topological polar surface area (TPSA) is 53.6 Å². The summed E-state index contributed by atoms with van der Waals surface area (Å²) in [5.74, 6) is 1.55. The predicted octanol–water partition coefficient (Wildman–Crippen LogP) is 3.39. The van der Waals surface area contributed by atoms with Crippen LogP contribution in [0.5, 0.6) is 0 Å². The van der Waals surface area contributed by atoms with Crippen LogP contribution in [0.1, 0.15) is 11.4 Å². The molecule has 2 N–H and O–H groups in total. The zero-order chi connectivity index (χ0) is 13.8. The van der Waals surface area contributed by atoms with Crippen LogP contribution in [0.2, 0.25) is 0 Å². The fourth-order valence-corrected chi connectivity index (χ4v) is 1.95. The van der Waals surface area contributed by atoms with Crippen LogP contribution < -0.4 is 5.32 Å². The number of hydrogen-bond donors (Lipinski definition) is 2. The molecule has 4 nitrogen and oxygen atoms in total. The van der Waals surface area contributed by atoms with Crippen LogP contribution >= 0.6 is 0 Å². The second-order valence-corrected chi connectivity index (χ2v) is 4.69. The lowest BCUT2D eigenvalue weighted by Crippen LogP contribution is -2.00. The fraction of sp³-hybridized carbons (Fsp3) is 0.125. The second-order valence-electron chi connectivity index (χ2n) is 4.69. The standard InChI is InChI=1S/C16H16N4/c1-12-7-9-13(10-8-12)16-18-15(19-20-16)11-17-14-5-3-2-4-6-14/h2-10,17H,11H2,1H3,(H,18,19,20). The third-order valence-corrected chi connectivity index (χ3v) is 3.08. The average molecular weight is 264 g/mol. The number of rotatable bonds is 4. The second kappa shape index (κ2) is 5.57. The molecule has 0 spiro atoms. The van der Waals surface area contributed by atoms with Crippen molar-refractivity contribution in [3.63, 3.8) is 0 Å². The first-order valence-corrected chi connectivity index (χ1v) is 6.58. The van der Waals surface area contributed by atoms with Gasteiger partial charge in [0.05, 0.1) is 6.54 Å². The molecule has 2 aromatic carbocycles. The number of hydrogen-bond acceptors (Lipinski definition) is 3. The van der Waals surface area contributed by atoms with Crippen molar-refractivity contribution < 1.29 is 0 Å². The van der Waals surface area contributed by atoms with Crippen molar-refractivity contribution in [2.45, 2.75) is 13.5 Å². The van der Waals surface area contributed by atoms with Crippen molar-refractivity contribution in [1.82, 2.24) is 15.2 Å². The third kappa shape index (κ3) is 2.85. The number of aryl methyl sites for hydroxylation is 1. The molecule has 0 aliphatic carbocycles. The lowest BCUT2D eigenvalue weighted by Gasteiger charge is -2.02. The number of H-pyrrole nitrogens is 1. The molecule has 3 rings (SSSR count). The number of nitrogens with one attached hydrogen (secondary N) is 2. The number of para-hydroxylation sites is 1. The Hall–Kier alpha value is -2.62. The summed E-state index contributed by atoms with van der Waals surface area (Å²) >= 11 is 0. The van der Waals surface area contributed by atoms with Crippen LogP contribution in [0, 0.1) is 6.92 Å². The molecule has 20 heavy (non-hydrogen) atoms. The van der Waals surface area contributed by atoms with Gasteiger partial charge in [-0.2, -0.15) is 5.10 Å². The number of nitrogens with zero attached hydrogens (tertiary/aromatic N) is 2. The molecular weight excluding hydrogens is 248 g/mol. The van der Waals surface area contributed by atoms with Crippen molar-refractivity contribution in [3.8, 4) is 11.4 Å². The van der Waals surface area contributed by atoms with E-state index >= 15 is 0 Å². The van der Waals surface area contributed by atoms with Crippen molar-refractivity contribution in [2.24, 2.45) is 0 Å². The molecule has 1 heterocycles. The van der Waals surface area contributed by atoms with E-state index in [1.165, 1.54) is 5.56 Å². The minimum absolute atomic E-state index is 0.628. The maximum Gasteiger partial charge on any atom is 0.181 e. The molecule has 0 unspecified atom stereocenters. The van der Waals surface area contributed by atoms with E-state index in [2.05, 4.69) is 39.6 Å². The molecule has 0 saturated carbocycles. The first-order chi connectivity index (χ1) is 9.81. The molecule has 4 heteroatoms. The van der Waals surface area contributed by atoms with Crippen LogP contribution in [0.15, 0.2) is 54.6 Å². The van der Waals surface area contributed by atoms with E-state index in [-0.39, 0.29) is 0 Å². The summed E-state index contributed by atoms with van der Waals surface area (Å²) in [4.78, 5) is 4.50. The molecule has 0 radical (unpaired) electrons. The molecule has 0 atom stereocenters. The normalized spacial score (nSPS) is 10.4. The molecule has 0 bridgehead atoms. The van der Waals surface area contributed by atoms with Crippen LogP contribution in [0.3, 0.4) is 0 Å². The van der Waals surface area contributed by atoms with Gasteiger partial charge in [-0.3, -0.25) is 5.10 Å². The van der Waals surface area contributed by atoms with Gasteiger partial charge in [-0.1, -0.05) is 48.0 Å². The van der Waals surface area contributed by atoms with Crippen LogP contribution in [-0.2, 0) is 6.54 Å². The average Bonchev–Trinajstić information content (AvgIpc) is 2.96. The summed E-state index contributed by atoms with van der Waals surface area (Å²) in [6, 6.07) is 18.2. The summed E-state index contributed by atoms with van der Waals surface area (Å²) in [5, 5.41) is 10.5. The van der Waals surface area contributed by atoms with Gasteiger partial charge < -0.3 is 5.32 Å². The molecular formula is C16H16N4. The van der Waals surface area contributed by atoms with Gasteiger partial charge in [0.2, 0.25) is 0 Å². The Bertz CT molecular complexity index is 671. The van der Waals surface area contributed by atoms with Gasteiger partial charge in [-0.25, -0.2) is 4.98 Å². The quantitative estimate of drug-likeness (QED) is 0.759. The van der Waals surface area contributed by atoms with Gasteiger partial charge in [0.1, 0.15) is 5.82 Å². The monoisotopic (exact) mass is 264 g/mol. The Morgan fingerprint density at radius 3 is 2.50 bits per heavy atom. The highest BCUT2D eigenvalue weighted by atomic mass is 15.2. The number of benzene rings is 2. The van der Waals surface area contributed by atoms with Gasteiger partial charge in [0, 0.05) is 11.3 Å². The lowest BCUT2D eigenvalue weighted by atomic mass is 10.1.